The van der Waals surface area contributed by atoms with E-state index in [1.807, 2.05) is 45.0 Å². The average Bonchev–Trinajstić information content (AvgIpc) is 2.82. The standard InChI is InChI=1S/C26H32N2O5/c1-17(2)27-24(29)16-33-22-10-9-21(15-23(22)32-4)26(31)28-13-11-20(12-14-28)25(30)19-7-5-18(3)6-8-19/h5-10,15,17,20H,11-14,16H2,1-4H3,(H,27,29). The summed E-state index contributed by atoms with van der Waals surface area (Å²) in [4.78, 5) is 39.4. The topological polar surface area (TPSA) is 84.9 Å². The molecule has 2 aromatic rings. The number of rotatable bonds is 8. The Kier molecular flexibility index (Phi) is 8.09. The number of nitrogens with zero attached hydrogens (tertiary/aromatic N) is 1. The number of piperidine rings is 1. The van der Waals surface area contributed by atoms with Crippen LogP contribution in [0.4, 0.5) is 0 Å². The summed E-state index contributed by atoms with van der Waals surface area (Å²) in [5, 5.41) is 2.76. The van der Waals surface area contributed by atoms with Gasteiger partial charge in [-0.1, -0.05) is 29.8 Å². The van der Waals surface area contributed by atoms with Gasteiger partial charge in [-0.15, -0.1) is 0 Å². The molecule has 0 radical (unpaired) electrons. The first-order valence-corrected chi connectivity index (χ1v) is 11.3. The van der Waals surface area contributed by atoms with Crippen molar-refractivity contribution < 1.29 is 23.9 Å². The highest BCUT2D eigenvalue weighted by molar-refractivity contribution is 5.98. The van der Waals surface area contributed by atoms with Gasteiger partial charge in [0, 0.05) is 36.2 Å². The molecule has 0 aliphatic carbocycles. The number of methoxy groups -OCH3 is 1. The molecule has 0 saturated carbocycles. The molecule has 1 aliphatic heterocycles. The van der Waals surface area contributed by atoms with Crippen LogP contribution in [0.25, 0.3) is 0 Å². The van der Waals surface area contributed by atoms with Crippen molar-refractivity contribution in [2.24, 2.45) is 5.92 Å². The fourth-order valence-corrected chi connectivity index (χ4v) is 3.91. The molecule has 0 bridgehead atoms. The van der Waals surface area contributed by atoms with Crippen LogP contribution in [0.3, 0.4) is 0 Å². The van der Waals surface area contributed by atoms with Crippen molar-refractivity contribution in [3.63, 3.8) is 0 Å². The van der Waals surface area contributed by atoms with Crippen LogP contribution in [0.15, 0.2) is 42.5 Å². The molecule has 2 aromatic carbocycles. The van der Waals surface area contributed by atoms with Crippen LogP contribution in [0.1, 0.15) is 53.0 Å². The fourth-order valence-electron chi connectivity index (χ4n) is 3.91. The number of hydrogen-bond donors (Lipinski definition) is 1. The summed E-state index contributed by atoms with van der Waals surface area (Å²) >= 11 is 0. The van der Waals surface area contributed by atoms with Crippen LogP contribution >= 0.6 is 0 Å². The number of nitrogens with one attached hydrogen (secondary N) is 1. The average molecular weight is 453 g/mol. The SMILES string of the molecule is COc1cc(C(=O)N2CCC(C(=O)c3ccc(C)cc3)CC2)ccc1OCC(=O)NC(C)C. The van der Waals surface area contributed by atoms with E-state index in [0.29, 0.717) is 43.0 Å². The second-order valence-corrected chi connectivity index (χ2v) is 8.67. The van der Waals surface area contributed by atoms with Gasteiger partial charge in [0.1, 0.15) is 0 Å². The Morgan fingerprint density at radius 3 is 2.24 bits per heavy atom. The van der Waals surface area contributed by atoms with Crippen LogP contribution in [0, 0.1) is 12.8 Å². The summed E-state index contributed by atoms with van der Waals surface area (Å²) in [6, 6.07) is 12.6. The monoisotopic (exact) mass is 452 g/mol. The minimum absolute atomic E-state index is 0.0271. The third kappa shape index (κ3) is 6.34. The molecule has 0 spiro atoms. The van der Waals surface area contributed by atoms with E-state index in [0.717, 1.165) is 11.1 Å². The number of carbonyl (C=O) groups is 3. The first kappa shape index (κ1) is 24.3. The predicted molar refractivity (Wildman–Crippen MR) is 126 cm³/mol. The number of benzene rings is 2. The summed E-state index contributed by atoms with van der Waals surface area (Å²) < 4.78 is 10.9. The molecule has 2 amide bonds. The lowest BCUT2D eigenvalue weighted by Gasteiger charge is -2.31. The van der Waals surface area contributed by atoms with Crippen LogP contribution in [0.2, 0.25) is 0 Å². The maximum atomic E-state index is 13.0. The van der Waals surface area contributed by atoms with E-state index >= 15 is 0 Å². The lowest BCUT2D eigenvalue weighted by Crippen LogP contribution is -2.40. The van der Waals surface area contributed by atoms with Gasteiger partial charge in [0.2, 0.25) is 0 Å². The summed E-state index contributed by atoms with van der Waals surface area (Å²) in [5.74, 6) is 0.526. The molecular formula is C26H32N2O5. The number of amides is 2. The minimum Gasteiger partial charge on any atom is -0.493 e. The van der Waals surface area contributed by atoms with Crippen LogP contribution < -0.4 is 14.8 Å². The number of carbonyl (C=O) groups excluding carboxylic acids is 3. The van der Waals surface area contributed by atoms with E-state index in [1.165, 1.54) is 7.11 Å². The molecule has 176 valence electrons. The summed E-state index contributed by atoms with van der Waals surface area (Å²) in [7, 11) is 1.49. The molecule has 1 saturated heterocycles. The summed E-state index contributed by atoms with van der Waals surface area (Å²) in [6.45, 7) is 6.66. The maximum Gasteiger partial charge on any atom is 0.258 e. The Morgan fingerprint density at radius 2 is 1.64 bits per heavy atom. The van der Waals surface area contributed by atoms with Gasteiger partial charge in [0.05, 0.1) is 7.11 Å². The highest BCUT2D eigenvalue weighted by Crippen LogP contribution is 2.30. The van der Waals surface area contributed by atoms with Crippen LogP contribution in [-0.4, -0.2) is 55.3 Å². The Hall–Kier alpha value is -3.35. The Bertz CT molecular complexity index is 992. The first-order valence-electron chi connectivity index (χ1n) is 11.3. The van der Waals surface area contributed by atoms with Gasteiger partial charge in [-0.2, -0.15) is 0 Å². The van der Waals surface area contributed by atoms with E-state index in [1.54, 1.807) is 23.1 Å². The maximum absolute atomic E-state index is 13.0. The number of Topliss-reactive ketones (excluding diaryl/α,β-unsaturated/α-hetero) is 1. The van der Waals surface area contributed by atoms with Crippen molar-refractivity contribution in [2.75, 3.05) is 26.8 Å². The highest BCUT2D eigenvalue weighted by atomic mass is 16.5. The number of likely N-dealkylation sites (tertiary alicyclic amines) is 1. The highest BCUT2D eigenvalue weighted by Gasteiger charge is 2.28. The second kappa shape index (κ2) is 11.0. The zero-order chi connectivity index (χ0) is 24.0. The van der Waals surface area contributed by atoms with Gasteiger partial charge < -0.3 is 19.7 Å². The lowest BCUT2D eigenvalue weighted by molar-refractivity contribution is -0.123. The third-order valence-corrected chi connectivity index (χ3v) is 5.71. The van der Waals surface area contributed by atoms with Crippen LogP contribution in [-0.2, 0) is 4.79 Å². The van der Waals surface area contributed by atoms with E-state index in [-0.39, 0.29) is 36.2 Å². The summed E-state index contributed by atoms with van der Waals surface area (Å²) in [6.07, 6.45) is 1.28. The molecule has 33 heavy (non-hydrogen) atoms. The summed E-state index contributed by atoms with van der Waals surface area (Å²) in [5.41, 5.74) is 2.33. The van der Waals surface area contributed by atoms with Gasteiger partial charge in [0.15, 0.2) is 23.9 Å². The number of hydrogen-bond acceptors (Lipinski definition) is 5. The van der Waals surface area contributed by atoms with Crippen molar-refractivity contribution in [3.05, 3.63) is 59.2 Å². The number of ketones is 1. The van der Waals surface area contributed by atoms with Crippen molar-refractivity contribution in [2.45, 2.75) is 39.7 Å². The zero-order valence-electron chi connectivity index (χ0n) is 19.7. The normalized spacial score (nSPS) is 14.2. The molecule has 1 fully saturated rings. The largest absolute Gasteiger partial charge is 0.493 e. The van der Waals surface area contributed by atoms with Crippen LogP contribution in [0.5, 0.6) is 11.5 Å². The Morgan fingerprint density at radius 1 is 1.00 bits per heavy atom. The molecule has 1 aliphatic rings. The minimum atomic E-state index is -0.227. The molecule has 0 aromatic heterocycles. The van der Waals surface area contributed by atoms with E-state index in [4.69, 9.17) is 9.47 Å². The lowest BCUT2D eigenvalue weighted by atomic mass is 9.88. The molecule has 3 rings (SSSR count). The number of ether oxygens (including phenoxy) is 2. The smallest absolute Gasteiger partial charge is 0.258 e. The molecule has 0 atom stereocenters. The first-order chi connectivity index (χ1) is 15.8. The fraction of sp³-hybridized carbons (Fsp3) is 0.423. The Labute approximate surface area is 195 Å². The van der Waals surface area contributed by atoms with Gasteiger partial charge in [-0.25, -0.2) is 0 Å². The zero-order valence-corrected chi connectivity index (χ0v) is 19.7. The van der Waals surface area contributed by atoms with Gasteiger partial charge in [-0.3, -0.25) is 14.4 Å². The molecule has 0 unspecified atom stereocenters. The van der Waals surface area contributed by atoms with Gasteiger partial charge >= 0.3 is 0 Å². The number of aryl methyl sites for hydroxylation is 1. The van der Waals surface area contributed by atoms with Gasteiger partial charge in [0.25, 0.3) is 11.8 Å². The molecule has 1 N–H and O–H groups in total. The second-order valence-electron chi connectivity index (χ2n) is 8.67. The van der Waals surface area contributed by atoms with Crippen molar-refractivity contribution in [3.8, 4) is 11.5 Å². The van der Waals surface area contributed by atoms with Crippen molar-refractivity contribution in [1.29, 1.82) is 0 Å². The predicted octanol–water partition coefficient (Wildman–Crippen LogP) is 3.64. The van der Waals surface area contributed by atoms with E-state index in [9.17, 15) is 14.4 Å². The molecule has 7 heteroatoms. The molecule has 1 heterocycles. The van der Waals surface area contributed by atoms with Gasteiger partial charge in [-0.05, 0) is 51.8 Å². The van der Waals surface area contributed by atoms with Crippen molar-refractivity contribution in [1.82, 2.24) is 10.2 Å². The van der Waals surface area contributed by atoms with E-state index in [2.05, 4.69) is 5.32 Å². The van der Waals surface area contributed by atoms with E-state index < -0.39 is 0 Å². The van der Waals surface area contributed by atoms with Crippen molar-refractivity contribution >= 4 is 17.6 Å². The third-order valence-electron chi connectivity index (χ3n) is 5.71. The molecule has 7 nitrogen and oxygen atoms in total. The Balaban J connectivity index is 1.59. The quantitative estimate of drug-likeness (QED) is 0.618. The molecular weight excluding hydrogens is 420 g/mol.